The first-order chi connectivity index (χ1) is 18.2. The fourth-order valence-corrected chi connectivity index (χ4v) is 5.23. The molecule has 0 bridgehead atoms. The number of amides is 2. The highest BCUT2D eigenvalue weighted by Crippen LogP contribution is 2.34. The predicted octanol–water partition coefficient (Wildman–Crippen LogP) is 5.35. The summed E-state index contributed by atoms with van der Waals surface area (Å²) in [6, 6.07) is 12.7. The number of halogens is 3. The Balaban J connectivity index is 1.62. The number of para-hydroxylation sites is 1. The van der Waals surface area contributed by atoms with Gasteiger partial charge in [0, 0.05) is 13.1 Å². The van der Waals surface area contributed by atoms with Crippen LogP contribution in [0.15, 0.2) is 48.5 Å². The van der Waals surface area contributed by atoms with Crippen molar-refractivity contribution in [2.45, 2.75) is 57.2 Å². The van der Waals surface area contributed by atoms with Gasteiger partial charge in [-0.2, -0.15) is 13.2 Å². The van der Waals surface area contributed by atoms with Crippen LogP contribution in [0.2, 0.25) is 0 Å². The molecule has 1 saturated heterocycles. The highest BCUT2D eigenvalue weighted by molar-refractivity contribution is 5.97. The van der Waals surface area contributed by atoms with Crippen molar-refractivity contribution in [1.29, 1.82) is 0 Å². The number of carbonyl (C=O) groups is 2. The second kappa shape index (κ2) is 12.2. The SMILES string of the molecule is CCCCN1CCOc2ccccc2CCCCC2(CN(C(=O)c3ccccc3C(F)(F)F)CCO2)C1=O. The Bertz CT molecular complexity index is 1120. The molecule has 1 atom stereocenters. The first-order valence-corrected chi connectivity index (χ1v) is 13.3. The van der Waals surface area contributed by atoms with Gasteiger partial charge in [0.2, 0.25) is 0 Å². The normalized spacial score (nSPS) is 21.3. The number of nitrogens with zero attached hydrogens (tertiary/aromatic N) is 2. The second-order valence-electron chi connectivity index (χ2n) is 9.92. The van der Waals surface area contributed by atoms with Crippen LogP contribution in [0.1, 0.15) is 60.5 Å². The number of fused-ring (bicyclic) bond motifs is 1. The number of carbonyl (C=O) groups excluding carboxylic acids is 2. The average molecular weight is 533 g/mol. The second-order valence-corrected chi connectivity index (χ2v) is 9.92. The lowest BCUT2D eigenvalue weighted by Gasteiger charge is -2.44. The van der Waals surface area contributed by atoms with E-state index in [4.69, 9.17) is 9.47 Å². The molecule has 0 N–H and O–H groups in total. The Hall–Kier alpha value is -3.07. The lowest BCUT2D eigenvalue weighted by atomic mass is 9.90. The summed E-state index contributed by atoms with van der Waals surface area (Å²) in [6.45, 7) is 3.32. The molecular formula is C29H35F3N2O4. The molecule has 0 aliphatic carbocycles. The summed E-state index contributed by atoms with van der Waals surface area (Å²) in [5.74, 6) is -0.151. The highest BCUT2D eigenvalue weighted by atomic mass is 19.4. The number of alkyl halides is 3. The van der Waals surface area contributed by atoms with E-state index in [1.807, 2.05) is 31.2 Å². The minimum absolute atomic E-state index is 0.0760. The number of benzene rings is 2. The molecule has 1 unspecified atom stereocenters. The molecular weight excluding hydrogens is 497 g/mol. The average Bonchev–Trinajstić information content (AvgIpc) is 2.92. The third kappa shape index (κ3) is 6.31. The zero-order valence-electron chi connectivity index (χ0n) is 21.8. The van der Waals surface area contributed by atoms with Crippen LogP contribution < -0.4 is 4.74 Å². The van der Waals surface area contributed by atoms with Gasteiger partial charge in [-0.3, -0.25) is 9.59 Å². The van der Waals surface area contributed by atoms with Gasteiger partial charge < -0.3 is 19.3 Å². The topological polar surface area (TPSA) is 59.1 Å². The number of rotatable bonds is 4. The number of morpholine rings is 1. The van der Waals surface area contributed by atoms with E-state index in [1.54, 1.807) is 4.90 Å². The van der Waals surface area contributed by atoms with Gasteiger partial charge in [-0.25, -0.2) is 0 Å². The number of aryl methyl sites for hydroxylation is 1. The van der Waals surface area contributed by atoms with E-state index in [0.29, 0.717) is 32.5 Å². The molecule has 2 aliphatic heterocycles. The molecule has 2 aromatic carbocycles. The Morgan fingerprint density at radius 2 is 1.79 bits per heavy atom. The molecule has 1 spiro atoms. The Kier molecular flexibility index (Phi) is 8.97. The number of hydrogen-bond acceptors (Lipinski definition) is 4. The van der Waals surface area contributed by atoms with E-state index in [-0.39, 0.29) is 25.6 Å². The van der Waals surface area contributed by atoms with E-state index in [9.17, 15) is 22.8 Å². The van der Waals surface area contributed by atoms with E-state index < -0.39 is 28.8 Å². The van der Waals surface area contributed by atoms with E-state index >= 15 is 0 Å². The van der Waals surface area contributed by atoms with Crippen LogP contribution in [0, 0.1) is 0 Å². The van der Waals surface area contributed by atoms with Crippen LogP contribution in [0.4, 0.5) is 13.2 Å². The quantitative estimate of drug-likeness (QED) is 0.533. The van der Waals surface area contributed by atoms with Gasteiger partial charge in [-0.05, 0) is 55.9 Å². The van der Waals surface area contributed by atoms with Gasteiger partial charge in [0.25, 0.3) is 11.8 Å². The largest absolute Gasteiger partial charge is 0.491 e. The zero-order valence-corrected chi connectivity index (χ0v) is 21.8. The van der Waals surface area contributed by atoms with Crippen molar-refractivity contribution in [2.75, 3.05) is 39.4 Å². The highest BCUT2D eigenvalue weighted by Gasteiger charge is 2.47. The minimum Gasteiger partial charge on any atom is -0.491 e. The van der Waals surface area contributed by atoms with Gasteiger partial charge in [0.15, 0.2) is 5.60 Å². The molecule has 0 aromatic heterocycles. The maximum atomic E-state index is 14.0. The van der Waals surface area contributed by atoms with Gasteiger partial charge >= 0.3 is 6.18 Å². The summed E-state index contributed by atoms with van der Waals surface area (Å²) in [7, 11) is 0. The molecule has 1 fully saturated rings. The maximum absolute atomic E-state index is 14.0. The van der Waals surface area contributed by atoms with Gasteiger partial charge in [-0.15, -0.1) is 0 Å². The van der Waals surface area contributed by atoms with Crippen LogP contribution in [-0.4, -0.2) is 66.6 Å². The summed E-state index contributed by atoms with van der Waals surface area (Å²) >= 11 is 0. The summed E-state index contributed by atoms with van der Waals surface area (Å²) in [5, 5.41) is 0. The number of unbranched alkanes of at least 4 members (excludes halogenated alkanes) is 1. The lowest BCUT2D eigenvalue weighted by Crippen LogP contribution is -2.62. The Labute approximate surface area is 221 Å². The maximum Gasteiger partial charge on any atom is 0.417 e. The molecule has 2 heterocycles. The van der Waals surface area contributed by atoms with E-state index in [0.717, 1.165) is 43.1 Å². The van der Waals surface area contributed by atoms with Crippen molar-refractivity contribution in [3.63, 3.8) is 0 Å². The van der Waals surface area contributed by atoms with Crippen LogP contribution >= 0.6 is 0 Å². The van der Waals surface area contributed by atoms with Gasteiger partial charge in [0.05, 0.1) is 30.8 Å². The van der Waals surface area contributed by atoms with Gasteiger partial charge in [0.1, 0.15) is 12.4 Å². The first-order valence-electron chi connectivity index (χ1n) is 13.3. The summed E-state index contributed by atoms with van der Waals surface area (Å²) in [6.07, 6.45) is -0.405. The molecule has 0 radical (unpaired) electrons. The molecule has 38 heavy (non-hydrogen) atoms. The molecule has 2 aromatic rings. The Morgan fingerprint density at radius 3 is 2.58 bits per heavy atom. The number of ether oxygens (including phenoxy) is 2. The molecule has 9 heteroatoms. The molecule has 6 nitrogen and oxygen atoms in total. The Morgan fingerprint density at radius 1 is 1.03 bits per heavy atom. The van der Waals surface area contributed by atoms with Crippen molar-refractivity contribution in [2.24, 2.45) is 0 Å². The van der Waals surface area contributed by atoms with Crippen molar-refractivity contribution < 1.29 is 32.2 Å². The number of hydrogen-bond donors (Lipinski definition) is 0. The van der Waals surface area contributed by atoms with Crippen LogP contribution in [0.3, 0.4) is 0 Å². The van der Waals surface area contributed by atoms with Crippen LogP contribution in [0.25, 0.3) is 0 Å². The van der Waals surface area contributed by atoms with E-state index in [1.165, 1.54) is 23.1 Å². The standard InChI is InChI=1S/C29H35F3N2O4/c1-2-3-16-33-17-19-37-25-14-7-4-10-22(25)11-8-9-15-28(27(33)36)21-34(18-20-38-28)26(35)23-12-5-6-13-24(23)29(30,31)32/h4-7,10,12-14H,2-3,8-9,11,15-21H2,1H3. The van der Waals surface area contributed by atoms with Crippen molar-refractivity contribution >= 4 is 11.8 Å². The monoisotopic (exact) mass is 532 g/mol. The fraction of sp³-hybridized carbons (Fsp3) is 0.517. The molecule has 206 valence electrons. The lowest BCUT2D eigenvalue weighted by molar-refractivity contribution is -0.170. The van der Waals surface area contributed by atoms with E-state index in [2.05, 4.69) is 0 Å². The van der Waals surface area contributed by atoms with Crippen LogP contribution in [-0.2, 0) is 22.1 Å². The van der Waals surface area contributed by atoms with Crippen LogP contribution in [0.5, 0.6) is 5.75 Å². The minimum atomic E-state index is -4.66. The van der Waals surface area contributed by atoms with Gasteiger partial charge in [-0.1, -0.05) is 43.7 Å². The third-order valence-corrected chi connectivity index (χ3v) is 7.26. The zero-order chi connectivity index (χ0) is 27.2. The first kappa shape index (κ1) is 28.0. The molecule has 2 amide bonds. The van der Waals surface area contributed by atoms with Crippen molar-refractivity contribution in [1.82, 2.24) is 9.80 Å². The molecule has 4 rings (SSSR count). The van der Waals surface area contributed by atoms with Crippen molar-refractivity contribution in [3.8, 4) is 5.75 Å². The molecule has 0 saturated carbocycles. The molecule has 2 aliphatic rings. The summed E-state index contributed by atoms with van der Waals surface area (Å²) < 4.78 is 53.2. The summed E-state index contributed by atoms with van der Waals surface area (Å²) in [4.78, 5) is 30.5. The fourth-order valence-electron chi connectivity index (χ4n) is 5.23. The summed E-state index contributed by atoms with van der Waals surface area (Å²) in [5.41, 5.74) is -1.60. The third-order valence-electron chi connectivity index (χ3n) is 7.26. The predicted molar refractivity (Wildman–Crippen MR) is 137 cm³/mol. The van der Waals surface area contributed by atoms with Crippen molar-refractivity contribution in [3.05, 3.63) is 65.2 Å². The smallest absolute Gasteiger partial charge is 0.417 e.